The Morgan fingerprint density at radius 2 is 1.74 bits per heavy atom. The molecule has 3 atom stereocenters. The van der Waals surface area contributed by atoms with E-state index in [4.69, 9.17) is 24.5 Å². The third kappa shape index (κ3) is 9.30. The molecule has 214 valence electrons. The number of carbonyl (C=O) groups excluding carboxylic acids is 2. The van der Waals surface area contributed by atoms with Crippen LogP contribution in [0.3, 0.4) is 0 Å². The molecule has 0 aliphatic carbocycles. The summed E-state index contributed by atoms with van der Waals surface area (Å²) in [6.45, 7) is 13.9. The van der Waals surface area contributed by atoms with Crippen molar-refractivity contribution in [3.8, 4) is 0 Å². The Balaban J connectivity index is 2.10. The van der Waals surface area contributed by atoms with Crippen molar-refractivity contribution < 1.29 is 32.9 Å². The third-order valence-electron chi connectivity index (χ3n) is 5.32. The summed E-state index contributed by atoms with van der Waals surface area (Å²) in [4.78, 5) is 37.2. The molecule has 2 heterocycles. The fraction of sp³-hybridized carbons (Fsp3) is 0.708. The van der Waals surface area contributed by atoms with E-state index >= 15 is 0 Å². The number of nitrogens with zero attached hydrogens (tertiary/aromatic N) is 4. The fourth-order valence-electron chi connectivity index (χ4n) is 3.37. The van der Waals surface area contributed by atoms with Crippen molar-refractivity contribution in [3.63, 3.8) is 0 Å². The molecular weight excluding hydrogens is 515 g/mol. The molecule has 0 bridgehead atoms. The zero-order chi connectivity index (χ0) is 28.7. The van der Waals surface area contributed by atoms with Gasteiger partial charge in [-0.15, -0.1) is 0 Å². The fourth-order valence-corrected chi connectivity index (χ4v) is 5.36. The molecule has 0 aliphatic heterocycles. The maximum absolute atomic E-state index is 13.9. The summed E-state index contributed by atoms with van der Waals surface area (Å²) < 4.78 is 37.8. The number of hydrogen-bond donors (Lipinski definition) is 2. The van der Waals surface area contributed by atoms with Gasteiger partial charge in [-0.1, -0.05) is 6.92 Å². The van der Waals surface area contributed by atoms with Gasteiger partial charge in [-0.2, -0.15) is 0 Å². The van der Waals surface area contributed by atoms with Crippen LogP contribution in [0.1, 0.15) is 61.8 Å². The van der Waals surface area contributed by atoms with E-state index in [1.807, 2.05) is 0 Å². The first-order valence-electron chi connectivity index (χ1n) is 12.6. The van der Waals surface area contributed by atoms with Crippen LogP contribution in [0.4, 0.5) is 5.82 Å². The molecule has 13 nitrogen and oxygen atoms in total. The Morgan fingerprint density at radius 1 is 1.08 bits per heavy atom. The first-order chi connectivity index (χ1) is 17.6. The molecule has 38 heavy (non-hydrogen) atoms. The van der Waals surface area contributed by atoms with E-state index in [-0.39, 0.29) is 43.4 Å². The summed E-state index contributed by atoms with van der Waals surface area (Å²) >= 11 is 0. The molecule has 3 N–H and O–H groups in total. The molecule has 2 rings (SSSR count). The van der Waals surface area contributed by atoms with Crippen molar-refractivity contribution in [1.82, 2.24) is 24.6 Å². The van der Waals surface area contributed by atoms with Gasteiger partial charge in [0, 0.05) is 0 Å². The van der Waals surface area contributed by atoms with Crippen molar-refractivity contribution >= 4 is 36.4 Å². The maximum atomic E-state index is 13.9. The molecule has 1 unspecified atom stereocenters. The van der Waals surface area contributed by atoms with Crippen molar-refractivity contribution in [2.24, 2.45) is 5.92 Å². The van der Waals surface area contributed by atoms with E-state index in [2.05, 4.69) is 20.0 Å². The number of nitrogens with two attached hydrogens (primary N) is 1. The Bertz CT molecular complexity index is 1140. The second-order valence-corrected chi connectivity index (χ2v) is 12.4. The minimum Gasteiger partial charge on any atom is -0.463 e. The smallest absolute Gasteiger partial charge is 0.326 e. The highest BCUT2D eigenvalue weighted by Gasteiger charge is 2.39. The minimum absolute atomic E-state index is 0.0198. The van der Waals surface area contributed by atoms with Gasteiger partial charge in [0.1, 0.15) is 23.7 Å². The number of fused-ring (bicyclic) bond motifs is 1. The predicted molar refractivity (Wildman–Crippen MR) is 142 cm³/mol. The highest BCUT2D eigenvalue weighted by Crippen LogP contribution is 2.45. The molecule has 0 spiro atoms. The van der Waals surface area contributed by atoms with Crippen LogP contribution in [0, 0.1) is 5.92 Å². The van der Waals surface area contributed by atoms with Crippen LogP contribution < -0.4 is 10.8 Å². The normalized spacial score (nSPS) is 15.4. The first-order valence-corrected chi connectivity index (χ1v) is 14.4. The van der Waals surface area contributed by atoms with Gasteiger partial charge in [-0.05, 0) is 54.9 Å². The zero-order valence-electron chi connectivity index (χ0n) is 23.5. The number of hydrogen-bond acceptors (Lipinski definition) is 11. The molecule has 2 aromatic rings. The first kappa shape index (κ1) is 31.6. The number of aromatic nitrogens is 4. The van der Waals surface area contributed by atoms with Crippen LogP contribution in [-0.2, 0) is 39.4 Å². The van der Waals surface area contributed by atoms with Gasteiger partial charge in [-0.3, -0.25) is 14.2 Å². The van der Waals surface area contributed by atoms with E-state index in [1.54, 1.807) is 66.3 Å². The van der Waals surface area contributed by atoms with E-state index in [0.717, 1.165) is 0 Å². The number of esters is 2. The van der Waals surface area contributed by atoms with Crippen LogP contribution in [0.5, 0.6) is 0 Å². The molecule has 2 aromatic heterocycles. The van der Waals surface area contributed by atoms with Crippen LogP contribution in [0.2, 0.25) is 0 Å². The Hall–Kier alpha value is -2.60. The zero-order valence-corrected chi connectivity index (χ0v) is 24.4. The van der Waals surface area contributed by atoms with E-state index in [1.165, 1.54) is 6.33 Å². The van der Waals surface area contributed by atoms with Crippen molar-refractivity contribution in [1.29, 1.82) is 0 Å². The number of carbonyl (C=O) groups is 2. The van der Waals surface area contributed by atoms with E-state index in [0.29, 0.717) is 17.7 Å². The van der Waals surface area contributed by atoms with Crippen molar-refractivity contribution in [3.05, 3.63) is 12.7 Å². The molecule has 0 aromatic carbocycles. The topological polar surface area (TPSA) is 170 Å². The lowest BCUT2D eigenvalue weighted by Gasteiger charge is -2.31. The summed E-state index contributed by atoms with van der Waals surface area (Å²) in [5.74, 6) is -1.14. The van der Waals surface area contributed by atoms with Crippen LogP contribution in [-0.4, -0.2) is 68.3 Å². The van der Waals surface area contributed by atoms with Crippen molar-refractivity contribution in [2.75, 3.05) is 18.7 Å². The quantitative estimate of drug-likeness (QED) is 0.243. The molecule has 14 heteroatoms. The Morgan fingerprint density at radius 3 is 2.37 bits per heavy atom. The van der Waals surface area contributed by atoms with Crippen LogP contribution >= 0.6 is 7.52 Å². The molecule has 0 aliphatic rings. The van der Waals surface area contributed by atoms with Gasteiger partial charge in [0.25, 0.3) is 7.52 Å². The molecular formula is C24H41N6O7P. The second-order valence-electron chi connectivity index (χ2n) is 10.3. The standard InChI is InChI=1S/C24H41N6O7P/c1-15(2)36-22(31)17(5)9-10-35-38(33,29-24(7,8)23(32)37-16(3)4)14-34-18(6)11-30-13-28-19-20(25)26-12-27-21(19)30/h12-13,15-18H,9-11,14H2,1-8H3,(H,29,33)(H2,25,26,27)/t17-,18+,38?/m0/s1. The molecule has 0 fully saturated rings. The average molecular weight is 557 g/mol. The third-order valence-corrected chi connectivity index (χ3v) is 7.31. The van der Waals surface area contributed by atoms with Gasteiger partial charge in [0.05, 0.1) is 43.7 Å². The monoisotopic (exact) mass is 556 g/mol. The van der Waals surface area contributed by atoms with Gasteiger partial charge < -0.3 is 29.0 Å². The van der Waals surface area contributed by atoms with E-state index < -0.39 is 31.0 Å². The van der Waals surface area contributed by atoms with Gasteiger partial charge >= 0.3 is 11.9 Å². The Kier molecular flexibility index (Phi) is 11.2. The van der Waals surface area contributed by atoms with Crippen LogP contribution in [0.25, 0.3) is 11.2 Å². The maximum Gasteiger partial charge on any atom is 0.326 e. The summed E-state index contributed by atoms with van der Waals surface area (Å²) in [5, 5.41) is 2.82. The van der Waals surface area contributed by atoms with Gasteiger partial charge in [0.15, 0.2) is 11.5 Å². The lowest BCUT2D eigenvalue weighted by molar-refractivity contribution is -0.153. The van der Waals surface area contributed by atoms with Crippen molar-refractivity contribution in [2.45, 2.75) is 92.2 Å². The minimum atomic E-state index is -3.75. The largest absolute Gasteiger partial charge is 0.463 e. The number of anilines is 1. The predicted octanol–water partition coefficient (Wildman–Crippen LogP) is 3.28. The molecule has 0 saturated carbocycles. The number of imidazole rings is 1. The van der Waals surface area contributed by atoms with Gasteiger partial charge in [0.2, 0.25) is 0 Å². The Labute approximate surface area is 223 Å². The lowest BCUT2D eigenvalue weighted by atomic mass is 10.1. The second kappa shape index (κ2) is 13.5. The average Bonchev–Trinajstić information content (AvgIpc) is 3.20. The summed E-state index contributed by atoms with van der Waals surface area (Å²) in [6, 6.07) is 0. The SMILES string of the molecule is CC(C)OC(=O)[C@@H](C)CCOP(=O)(CO[C@H](C)Cn1cnc2c(N)ncnc21)NC(C)(C)C(=O)OC(C)C. The summed E-state index contributed by atoms with van der Waals surface area (Å²) in [5.41, 5.74) is 5.55. The number of ether oxygens (including phenoxy) is 3. The number of nitrogen functional groups attached to an aromatic ring is 1. The molecule has 0 saturated heterocycles. The summed E-state index contributed by atoms with van der Waals surface area (Å²) in [6.07, 6.45) is 1.84. The lowest BCUT2D eigenvalue weighted by Crippen LogP contribution is -2.47. The highest BCUT2D eigenvalue weighted by molar-refractivity contribution is 7.56. The molecule has 0 amide bonds. The number of nitrogens with one attached hydrogen (secondary N) is 1. The summed E-state index contributed by atoms with van der Waals surface area (Å²) in [7, 11) is -3.75. The molecule has 0 radical (unpaired) electrons. The van der Waals surface area contributed by atoms with Gasteiger partial charge in [-0.25, -0.2) is 20.0 Å². The highest BCUT2D eigenvalue weighted by atomic mass is 31.2. The number of rotatable bonds is 15. The van der Waals surface area contributed by atoms with Crippen LogP contribution in [0.15, 0.2) is 12.7 Å². The van der Waals surface area contributed by atoms with E-state index in [9.17, 15) is 14.2 Å².